The minimum atomic E-state index is -0.599. The topological polar surface area (TPSA) is 82.8 Å². The Labute approximate surface area is 121 Å². The van der Waals surface area contributed by atoms with E-state index in [0.717, 1.165) is 25.7 Å². The molecule has 0 aromatic carbocycles. The van der Waals surface area contributed by atoms with Crippen molar-refractivity contribution in [1.82, 2.24) is 5.32 Å². The fraction of sp³-hybridized carbons (Fsp3) is 0.929. The molecule has 0 aromatic rings. The van der Waals surface area contributed by atoms with Gasteiger partial charge in [-0.1, -0.05) is 0 Å². The number of nitrogens with one attached hydrogen (secondary N) is 1. The first-order valence-corrected chi connectivity index (χ1v) is 7.32. The third kappa shape index (κ3) is 5.36. The molecule has 0 bridgehead atoms. The van der Waals surface area contributed by atoms with Crippen molar-refractivity contribution in [3.05, 3.63) is 0 Å². The quantitative estimate of drug-likeness (QED) is 0.570. The largest absolute Gasteiger partial charge is 0.382 e. The number of carbonyl (C=O) groups excluding carboxylic acids is 1. The Kier molecular flexibility index (Phi) is 8.06. The van der Waals surface area contributed by atoms with E-state index in [2.05, 4.69) is 5.32 Å². The number of methoxy groups -OCH3 is 1. The first-order valence-electron chi connectivity index (χ1n) is 7.32. The Morgan fingerprint density at radius 1 is 1.35 bits per heavy atom. The van der Waals surface area contributed by atoms with Crippen molar-refractivity contribution in [2.45, 2.75) is 43.7 Å². The number of nitrogens with two attached hydrogens (primary N) is 1. The normalized spacial score (nSPS) is 26.6. The molecule has 118 valence electrons. The molecule has 1 fully saturated rings. The lowest BCUT2D eigenvalue weighted by Crippen LogP contribution is -2.57. The molecule has 3 N–H and O–H groups in total. The second-order valence-electron chi connectivity index (χ2n) is 5.24. The molecule has 1 saturated carbocycles. The van der Waals surface area contributed by atoms with E-state index in [9.17, 15) is 4.79 Å². The summed E-state index contributed by atoms with van der Waals surface area (Å²) in [5.74, 6) is -0.281. The summed E-state index contributed by atoms with van der Waals surface area (Å²) in [5, 5.41) is 3.08. The average molecular weight is 288 g/mol. The molecule has 20 heavy (non-hydrogen) atoms. The van der Waals surface area contributed by atoms with E-state index in [1.165, 1.54) is 0 Å². The lowest BCUT2D eigenvalue weighted by molar-refractivity contribution is -0.128. The summed E-state index contributed by atoms with van der Waals surface area (Å²) in [6, 6.07) is 0. The standard InChI is InChI=1S/C14H28N2O4/c1-16-14(13(15)17)6-3-5-12(11-14)20-8-4-7-19-10-9-18-2/h12,16H,3-11H2,1-2H3,(H2,15,17). The van der Waals surface area contributed by atoms with Crippen LogP contribution in [0.1, 0.15) is 32.1 Å². The fourth-order valence-corrected chi connectivity index (χ4v) is 2.60. The van der Waals surface area contributed by atoms with E-state index in [4.69, 9.17) is 19.9 Å². The predicted molar refractivity (Wildman–Crippen MR) is 76.5 cm³/mol. The number of rotatable bonds is 10. The van der Waals surface area contributed by atoms with Crippen LogP contribution < -0.4 is 11.1 Å². The zero-order valence-corrected chi connectivity index (χ0v) is 12.7. The van der Waals surface area contributed by atoms with E-state index < -0.39 is 5.54 Å². The van der Waals surface area contributed by atoms with Crippen molar-refractivity contribution in [2.24, 2.45) is 5.73 Å². The number of amides is 1. The molecule has 1 rings (SSSR count). The van der Waals surface area contributed by atoms with Crippen LogP contribution >= 0.6 is 0 Å². The summed E-state index contributed by atoms with van der Waals surface area (Å²) in [7, 11) is 3.44. The molecular weight excluding hydrogens is 260 g/mol. The molecule has 0 spiro atoms. The van der Waals surface area contributed by atoms with E-state index in [-0.39, 0.29) is 12.0 Å². The van der Waals surface area contributed by atoms with E-state index in [0.29, 0.717) is 32.8 Å². The lowest BCUT2D eigenvalue weighted by Gasteiger charge is -2.38. The minimum Gasteiger partial charge on any atom is -0.382 e. The van der Waals surface area contributed by atoms with Gasteiger partial charge < -0.3 is 25.3 Å². The highest BCUT2D eigenvalue weighted by atomic mass is 16.5. The molecule has 1 aliphatic rings. The Morgan fingerprint density at radius 3 is 2.80 bits per heavy atom. The molecule has 2 atom stereocenters. The average Bonchev–Trinajstić information content (AvgIpc) is 2.46. The molecule has 0 saturated heterocycles. The molecule has 6 heteroatoms. The molecule has 1 amide bonds. The third-order valence-corrected chi connectivity index (χ3v) is 3.87. The van der Waals surface area contributed by atoms with Crippen molar-refractivity contribution in [3.63, 3.8) is 0 Å². The van der Waals surface area contributed by atoms with Crippen LogP contribution in [0.25, 0.3) is 0 Å². The SMILES string of the molecule is CNC1(C(N)=O)CCCC(OCCCOCCOC)C1. The van der Waals surface area contributed by atoms with Crippen LogP contribution in [0.3, 0.4) is 0 Å². The zero-order valence-electron chi connectivity index (χ0n) is 12.7. The molecule has 1 aliphatic carbocycles. The highest BCUT2D eigenvalue weighted by molar-refractivity contribution is 5.84. The second kappa shape index (κ2) is 9.28. The Hall–Kier alpha value is -0.690. The predicted octanol–water partition coefficient (Wildman–Crippen LogP) is 0.442. The van der Waals surface area contributed by atoms with Gasteiger partial charge in [0.15, 0.2) is 0 Å². The van der Waals surface area contributed by atoms with Crippen molar-refractivity contribution in [3.8, 4) is 0 Å². The van der Waals surface area contributed by atoms with Crippen LogP contribution in [0, 0.1) is 0 Å². The maximum absolute atomic E-state index is 11.6. The maximum Gasteiger partial charge on any atom is 0.237 e. The monoisotopic (exact) mass is 288 g/mol. The first kappa shape index (κ1) is 17.4. The van der Waals surface area contributed by atoms with Crippen LogP contribution in [0.5, 0.6) is 0 Å². The van der Waals surface area contributed by atoms with Gasteiger partial charge in [-0.15, -0.1) is 0 Å². The number of carbonyl (C=O) groups is 1. The highest BCUT2D eigenvalue weighted by Crippen LogP contribution is 2.29. The van der Waals surface area contributed by atoms with Crippen molar-refractivity contribution in [1.29, 1.82) is 0 Å². The van der Waals surface area contributed by atoms with Crippen molar-refractivity contribution >= 4 is 5.91 Å². The van der Waals surface area contributed by atoms with Gasteiger partial charge in [-0.25, -0.2) is 0 Å². The van der Waals surface area contributed by atoms with Gasteiger partial charge >= 0.3 is 0 Å². The molecule has 0 heterocycles. The van der Waals surface area contributed by atoms with Crippen LogP contribution in [-0.2, 0) is 19.0 Å². The second-order valence-corrected chi connectivity index (χ2v) is 5.24. The summed E-state index contributed by atoms with van der Waals surface area (Å²) < 4.78 is 16.1. The van der Waals surface area contributed by atoms with Crippen LogP contribution in [-0.4, -0.2) is 58.1 Å². The van der Waals surface area contributed by atoms with Gasteiger partial charge in [0.25, 0.3) is 0 Å². The van der Waals surface area contributed by atoms with Gasteiger partial charge in [0, 0.05) is 26.7 Å². The van der Waals surface area contributed by atoms with Gasteiger partial charge in [-0.05, 0) is 32.7 Å². The Bertz CT molecular complexity index is 288. The van der Waals surface area contributed by atoms with E-state index in [1.54, 1.807) is 14.2 Å². The molecule has 0 radical (unpaired) electrons. The molecule has 2 unspecified atom stereocenters. The van der Waals surface area contributed by atoms with E-state index >= 15 is 0 Å². The van der Waals surface area contributed by atoms with Gasteiger partial charge in [0.2, 0.25) is 5.91 Å². The highest BCUT2D eigenvalue weighted by Gasteiger charge is 2.40. The summed E-state index contributed by atoms with van der Waals surface area (Å²) >= 11 is 0. The van der Waals surface area contributed by atoms with Crippen molar-refractivity contribution < 1.29 is 19.0 Å². The molecular formula is C14H28N2O4. The van der Waals surface area contributed by atoms with Gasteiger partial charge in [0.05, 0.1) is 24.9 Å². The number of ether oxygens (including phenoxy) is 3. The third-order valence-electron chi connectivity index (χ3n) is 3.87. The smallest absolute Gasteiger partial charge is 0.237 e. The Morgan fingerprint density at radius 2 is 2.15 bits per heavy atom. The first-order chi connectivity index (χ1) is 9.64. The van der Waals surface area contributed by atoms with Crippen LogP contribution in [0.15, 0.2) is 0 Å². The number of primary amides is 1. The van der Waals surface area contributed by atoms with Gasteiger partial charge in [-0.3, -0.25) is 4.79 Å². The maximum atomic E-state index is 11.6. The summed E-state index contributed by atoms with van der Waals surface area (Å²) in [6.07, 6.45) is 4.34. The number of hydrogen-bond acceptors (Lipinski definition) is 5. The summed E-state index contributed by atoms with van der Waals surface area (Å²) in [5.41, 5.74) is 4.91. The number of likely N-dealkylation sites (N-methyl/N-ethyl adjacent to an activating group) is 1. The lowest BCUT2D eigenvalue weighted by atomic mass is 9.79. The fourth-order valence-electron chi connectivity index (χ4n) is 2.60. The number of hydrogen-bond donors (Lipinski definition) is 2. The molecule has 6 nitrogen and oxygen atoms in total. The van der Waals surface area contributed by atoms with Gasteiger partial charge in [0.1, 0.15) is 0 Å². The summed E-state index contributed by atoms with van der Waals surface area (Å²) in [6.45, 7) is 2.55. The zero-order chi connectivity index (χ0) is 14.8. The molecule has 0 aromatic heterocycles. The van der Waals surface area contributed by atoms with Crippen LogP contribution in [0.2, 0.25) is 0 Å². The minimum absolute atomic E-state index is 0.0997. The molecule has 0 aliphatic heterocycles. The Balaban J connectivity index is 2.19. The van der Waals surface area contributed by atoms with Crippen LogP contribution in [0.4, 0.5) is 0 Å². The van der Waals surface area contributed by atoms with Gasteiger partial charge in [-0.2, -0.15) is 0 Å². The van der Waals surface area contributed by atoms with Crippen molar-refractivity contribution in [2.75, 3.05) is 40.6 Å². The van der Waals surface area contributed by atoms with E-state index in [1.807, 2.05) is 0 Å². The summed E-state index contributed by atoms with van der Waals surface area (Å²) in [4.78, 5) is 11.6.